The normalized spacial score (nSPS) is 12.7. The number of hydrogen-bond donors (Lipinski definition) is 2. The Morgan fingerprint density at radius 1 is 0.867 bits per heavy atom. The number of nitrogens with zero attached hydrogens (tertiary/aromatic N) is 3. The summed E-state index contributed by atoms with van der Waals surface area (Å²) in [7, 11) is 7.95. The first-order valence-electron chi connectivity index (χ1n) is 9.22. The monoisotopic (exact) mass is 626 g/mol. The van der Waals surface area contributed by atoms with Crippen molar-refractivity contribution in [1.29, 1.82) is 0 Å². The number of rotatable bonds is 4. The Bertz CT molecular complexity index is 1210. The second-order valence-corrected chi connectivity index (χ2v) is 9.81. The number of halogens is 2. The number of aromatic hydroxyl groups is 1. The van der Waals surface area contributed by atoms with E-state index in [1.165, 1.54) is 0 Å². The number of fused-ring (bicyclic) bond motifs is 1. The number of carbonyl (C=O) groups is 1. The van der Waals surface area contributed by atoms with Crippen LogP contribution in [0, 0.1) is 7.14 Å². The zero-order valence-corrected chi connectivity index (χ0v) is 21.2. The molecular weight excluding hydrogens is 606 g/mol. The number of amides is 1. The molecule has 0 bridgehead atoms. The molecule has 6 nitrogen and oxygen atoms in total. The van der Waals surface area contributed by atoms with Crippen LogP contribution in [0.2, 0.25) is 0 Å². The van der Waals surface area contributed by atoms with Gasteiger partial charge in [-0.1, -0.05) is 12.1 Å². The van der Waals surface area contributed by atoms with Crippen LogP contribution in [0.15, 0.2) is 41.4 Å². The zero-order valence-electron chi connectivity index (χ0n) is 16.9. The molecule has 8 heteroatoms. The summed E-state index contributed by atoms with van der Waals surface area (Å²) in [6, 6.07) is 11.9. The second-order valence-electron chi connectivity index (χ2n) is 7.49. The van der Waals surface area contributed by atoms with Gasteiger partial charge < -0.3 is 19.9 Å². The van der Waals surface area contributed by atoms with E-state index in [2.05, 4.69) is 55.2 Å². The summed E-state index contributed by atoms with van der Waals surface area (Å²) in [6.45, 7) is 0. The number of hydrogen-bond acceptors (Lipinski definition) is 4. The highest BCUT2D eigenvalue weighted by molar-refractivity contribution is 14.1. The topological polar surface area (TPSA) is 71.9 Å². The molecule has 4 rings (SSSR count). The van der Waals surface area contributed by atoms with Crippen LogP contribution in [0.1, 0.15) is 21.5 Å². The zero-order chi connectivity index (χ0) is 21.7. The summed E-state index contributed by atoms with van der Waals surface area (Å²) in [4.78, 5) is 24.2. The van der Waals surface area contributed by atoms with Gasteiger partial charge in [-0.05, 0) is 69.4 Å². The Labute approximate surface area is 202 Å². The number of carbonyl (C=O) groups excluding carboxylic acids is 1. The summed E-state index contributed by atoms with van der Waals surface area (Å²) in [5, 5.41) is 10.7. The van der Waals surface area contributed by atoms with E-state index in [1.807, 2.05) is 74.4 Å². The van der Waals surface area contributed by atoms with Crippen LogP contribution in [0.5, 0.6) is 5.88 Å². The predicted octanol–water partition coefficient (Wildman–Crippen LogP) is 4.72. The maximum absolute atomic E-state index is 12.8. The van der Waals surface area contributed by atoms with Crippen molar-refractivity contribution in [3.8, 4) is 17.1 Å². The van der Waals surface area contributed by atoms with Crippen LogP contribution in [0.25, 0.3) is 11.3 Å². The minimum Gasteiger partial charge on any atom is -0.494 e. The predicted molar refractivity (Wildman–Crippen MR) is 138 cm³/mol. The van der Waals surface area contributed by atoms with Crippen molar-refractivity contribution in [2.45, 2.75) is 0 Å². The van der Waals surface area contributed by atoms with E-state index in [-0.39, 0.29) is 11.8 Å². The molecule has 30 heavy (non-hydrogen) atoms. The molecule has 1 aliphatic rings. The van der Waals surface area contributed by atoms with Crippen LogP contribution in [0.3, 0.4) is 0 Å². The van der Waals surface area contributed by atoms with Gasteiger partial charge >= 0.3 is 0 Å². The lowest BCUT2D eigenvalue weighted by atomic mass is 10.00. The Kier molecular flexibility index (Phi) is 5.56. The first-order valence-corrected chi connectivity index (χ1v) is 11.4. The molecule has 0 unspecified atom stereocenters. The third-order valence-electron chi connectivity index (χ3n) is 5.07. The first kappa shape index (κ1) is 21.2. The highest BCUT2D eigenvalue weighted by Gasteiger charge is 2.33. The number of H-pyrrole nitrogens is 1. The molecule has 0 spiro atoms. The van der Waals surface area contributed by atoms with E-state index in [9.17, 15) is 9.90 Å². The summed E-state index contributed by atoms with van der Waals surface area (Å²) in [6.07, 6.45) is 0. The van der Waals surface area contributed by atoms with Crippen molar-refractivity contribution in [2.24, 2.45) is 4.99 Å². The SMILES string of the molecule is CN(C)c1ccc(C2=NC(=O)c3c(-c4ccc(N(C)C)c(I)c4)[nH]c(O)c32)cc1I. The summed E-state index contributed by atoms with van der Waals surface area (Å²) < 4.78 is 2.10. The average molecular weight is 626 g/mol. The quantitative estimate of drug-likeness (QED) is 0.412. The lowest BCUT2D eigenvalue weighted by molar-refractivity contribution is 0.101. The van der Waals surface area contributed by atoms with Gasteiger partial charge in [-0.15, -0.1) is 0 Å². The van der Waals surface area contributed by atoms with E-state index < -0.39 is 0 Å². The molecule has 2 heterocycles. The molecule has 3 aromatic rings. The van der Waals surface area contributed by atoms with Crippen molar-refractivity contribution in [1.82, 2.24) is 4.98 Å². The molecule has 0 saturated heterocycles. The van der Waals surface area contributed by atoms with E-state index in [0.29, 0.717) is 22.5 Å². The van der Waals surface area contributed by atoms with Gasteiger partial charge in [-0.2, -0.15) is 0 Å². The van der Waals surface area contributed by atoms with Gasteiger partial charge in [0.25, 0.3) is 5.91 Å². The standard InChI is InChI=1S/C22H20I2N4O2/c1-27(2)15-7-5-11(9-13(15)23)19-17-18(22(30)25-19)20(26-21(17)29)12-6-8-16(28(3)4)14(24)10-12/h5-10,25,30H,1-4H3. The second kappa shape index (κ2) is 7.88. The fourth-order valence-electron chi connectivity index (χ4n) is 3.61. The van der Waals surface area contributed by atoms with Crippen molar-refractivity contribution in [3.63, 3.8) is 0 Å². The molecule has 0 aliphatic carbocycles. The summed E-state index contributed by atoms with van der Waals surface area (Å²) >= 11 is 4.55. The van der Waals surface area contributed by atoms with Crippen LogP contribution >= 0.6 is 45.2 Å². The van der Waals surface area contributed by atoms with Gasteiger partial charge in [0.05, 0.1) is 22.5 Å². The highest BCUT2D eigenvalue weighted by atomic mass is 127. The largest absolute Gasteiger partial charge is 0.494 e. The summed E-state index contributed by atoms with van der Waals surface area (Å²) in [5.74, 6) is -0.382. The number of aromatic nitrogens is 1. The average Bonchev–Trinajstić information content (AvgIpc) is 3.19. The van der Waals surface area contributed by atoms with Crippen molar-refractivity contribution in [3.05, 3.63) is 60.2 Å². The van der Waals surface area contributed by atoms with E-state index in [1.54, 1.807) is 0 Å². The molecule has 2 N–H and O–H groups in total. The third-order valence-corrected chi connectivity index (χ3v) is 6.79. The molecular formula is C22H20I2N4O2. The first-order chi connectivity index (χ1) is 14.2. The Balaban J connectivity index is 1.81. The lowest BCUT2D eigenvalue weighted by Crippen LogP contribution is -2.11. The minimum absolute atomic E-state index is 0.0389. The maximum atomic E-state index is 12.8. The van der Waals surface area contributed by atoms with E-state index in [0.717, 1.165) is 29.6 Å². The van der Waals surface area contributed by atoms with Crippen LogP contribution < -0.4 is 9.80 Å². The van der Waals surface area contributed by atoms with Crippen LogP contribution in [-0.4, -0.2) is 49.9 Å². The third kappa shape index (κ3) is 3.49. The molecule has 0 saturated carbocycles. The molecule has 2 aromatic carbocycles. The number of anilines is 2. The van der Waals surface area contributed by atoms with Crippen LogP contribution in [0.4, 0.5) is 11.4 Å². The molecule has 0 atom stereocenters. The van der Waals surface area contributed by atoms with Crippen molar-refractivity contribution >= 4 is 68.2 Å². The Morgan fingerprint density at radius 2 is 1.40 bits per heavy atom. The Hall–Kier alpha value is -2.08. The minimum atomic E-state index is -0.343. The van der Waals surface area contributed by atoms with Crippen molar-refractivity contribution < 1.29 is 9.90 Å². The van der Waals surface area contributed by atoms with Crippen molar-refractivity contribution in [2.75, 3.05) is 38.0 Å². The molecule has 1 amide bonds. The van der Waals surface area contributed by atoms with Gasteiger partial charge in [0.1, 0.15) is 0 Å². The fraction of sp³-hybridized carbons (Fsp3) is 0.182. The molecule has 154 valence electrons. The number of aromatic amines is 1. The number of benzene rings is 2. The van der Waals surface area contributed by atoms with E-state index in [4.69, 9.17) is 0 Å². The molecule has 0 radical (unpaired) electrons. The fourth-order valence-corrected chi connectivity index (χ4v) is 5.61. The highest BCUT2D eigenvalue weighted by Crippen LogP contribution is 2.39. The van der Waals surface area contributed by atoms with Gasteiger partial charge in [-0.3, -0.25) is 4.79 Å². The molecule has 1 aromatic heterocycles. The summed E-state index contributed by atoms with van der Waals surface area (Å²) in [5.41, 5.74) is 5.79. The van der Waals surface area contributed by atoms with Crippen LogP contribution in [-0.2, 0) is 0 Å². The van der Waals surface area contributed by atoms with Gasteiger partial charge in [0.15, 0.2) is 5.88 Å². The van der Waals surface area contributed by atoms with Gasteiger partial charge in [0, 0.05) is 57.8 Å². The molecule has 0 fully saturated rings. The smallest absolute Gasteiger partial charge is 0.280 e. The maximum Gasteiger partial charge on any atom is 0.280 e. The Morgan fingerprint density at radius 3 is 1.93 bits per heavy atom. The lowest BCUT2D eigenvalue weighted by Gasteiger charge is -2.15. The number of nitrogens with one attached hydrogen (secondary N) is 1. The molecule has 1 aliphatic heterocycles. The number of aliphatic imine (C=N–C) groups is 1. The van der Waals surface area contributed by atoms with E-state index >= 15 is 0 Å². The van der Waals surface area contributed by atoms with Gasteiger partial charge in [-0.25, -0.2) is 4.99 Å². The van der Waals surface area contributed by atoms with Gasteiger partial charge in [0.2, 0.25) is 0 Å².